The molecule has 0 saturated heterocycles. The van der Waals surface area contributed by atoms with Crippen LogP contribution in [-0.4, -0.2) is 24.1 Å². The third kappa shape index (κ3) is 4.00. The van der Waals surface area contributed by atoms with Crippen molar-refractivity contribution in [3.63, 3.8) is 0 Å². The molecule has 4 nitrogen and oxygen atoms in total. The number of nitrogens with zero attached hydrogens (tertiary/aromatic N) is 1. The molecular formula is C10H14N2O2. The zero-order valence-electron chi connectivity index (χ0n) is 8.19. The molecule has 1 N–H and O–H groups in total. The van der Waals surface area contributed by atoms with Gasteiger partial charge in [-0.2, -0.15) is 0 Å². The summed E-state index contributed by atoms with van der Waals surface area (Å²) in [5.41, 5.74) is 0.845. The Hall–Kier alpha value is -1.42. The Kier molecular flexibility index (Phi) is 4.64. The van der Waals surface area contributed by atoms with Gasteiger partial charge in [-0.3, -0.25) is 9.78 Å². The molecule has 0 saturated carbocycles. The normalized spacial score (nSPS) is 9.79. The van der Waals surface area contributed by atoms with Crippen LogP contribution in [0.4, 0.5) is 0 Å². The van der Waals surface area contributed by atoms with Gasteiger partial charge in [0.1, 0.15) is 6.61 Å². The predicted molar refractivity (Wildman–Crippen MR) is 52.6 cm³/mol. The predicted octanol–water partition coefficient (Wildman–Crippen LogP) is 0.734. The molecule has 1 aromatic rings. The first-order valence-corrected chi connectivity index (χ1v) is 4.57. The lowest BCUT2D eigenvalue weighted by Gasteiger charge is -2.03. The number of ether oxygens (including phenoxy) is 1. The Morgan fingerprint density at radius 2 is 2.43 bits per heavy atom. The number of carbonyl (C=O) groups excluding carboxylic acids is 1. The quantitative estimate of drug-likeness (QED) is 0.752. The van der Waals surface area contributed by atoms with E-state index in [4.69, 9.17) is 4.74 Å². The summed E-state index contributed by atoms with van der Waals surface area (Å²) in [6, 6.07) is 5.59. The van der Waals surface area contributed by atoms with E-state index in [9.17, 15) is 4.79 Å². The summed E-state index contributed by atoms with van der Waals surface area (Å²) >= 11 is 0. The molecule has 0 aliphatic carbocycles. The maximum Gasteiger partial charge on any atom is 0.246 e. The molecule has 1 aromatic heterocycles. The summed E-state index contributed by atoms with van der Waals surface area (Å²) in [5.74, 6) is -0.113. The minimum atomic E-state index is -0.113. The van der Waals surface area contributed by atoms with Crippen LogP contribution >= 0.6 is 0 Å². The van der Waals surface area contributed by atoms with Gasteiger partial charge in [-0.1, -0.05) is 6.07 Å². The van der Waals surface area contributed by atoms with Crippen LogP contribution in [0, 0.1) is 0 Å². The fourth-order valence-corrected chi connectivity index (χ4v) is 0.938. The number of hydrogen-bond donors (Lipinski definition) is 1. The van der Waals surface area contributed by atoms with E-state index in [-0.39, 0.29) is 12.5 Å². The van der Waals surface area contributed by atoms with Crippen molar-refractivity contribution in [3.8, 4) is 0 Å². The van der Waals surface area contributed by atoms with Crippen LogP contribution in [-0.2, 0) is 16.1 Å². The van der Waals surface area contributed by atoms with Crippen molar-refractivity contribution in [2.75, 3.05) is 13.2 Å². The van der Waals surface area contributed by atoms with Gasteiger partial charge in [-0.15, -0.1) is 0 Å². The Bertz CT molecular complexity index is 275. The van der Waals surface area contributed by atoms with E-state index < -0.39 is 0 Å². The molecule has 0 aliphatic heterocycles. The smallest absolute Gasteiger partial charge is 0.246 e. The number of hydrogen-bond acceptors (Lipinski definition) is 3. The molecular weight excluding hydrogens is 180 g/mol. The van der Waals surface area contributed by atoms with E-state index in [0.717, 1.165) is 5.69 Å². The van der Waals surface area contributed by atoms with Gasteiger partial charge in [0.2, 0.25) is 5.91 Å². The zero-order valence-corrected chi connectivity index (χ0v) is 8.19. The topological polar surface area (TPSA) is 51.2 Å². The molecule has 4 heteroatoms. The summed E-state index contributed by atoms with van der Waals surface area (Å²) in [4.78, 5) is 15.2. The Morgan fingerprint density at radius 1 is 1.57 bits per heavy atom. The first-order chi connectivity index (χ1) is 6.83. The molecule has 0 atom stereocenters. The second-order valence-electron chi connectivity index (χ2n) is 2.73. The molecule has 0 fully saturated rings. The summed E-state index contributed by atoms with van der Waals surface area (Å²) in [6.45, 7) is 2.97. The highest BCUT2D eigenvalue weighted by molar-refractivity contribution is 5.77. The Balaban J connectivity index is 2.24. The van der Waals surface area contributed by atoms with Gasteiger partial charge in [-0.05, 0) is 19.1 Å². The monoisotopic (exact) mass is 194 g/mol. The number of nitrogens with one attached hydrogen (secondary N) is 1. The molecule has 0 bridgehead atoms. The summed E-state index contributed by atoms with van der Waals surface area (Å²) in [6.07, 6.45) is 1.70. The summed E-state index contributed by atoms with van der Waals surface area (Å²) in [5, 5.41) is 2.71. The number of pyridine rings is 1. The fourth-order valence-electron chi connectivity index (χ4n) is 0.938. The third-order valence-corrected chi connectivity index (χ3v) is 1.63. The molecule has 1 heterocycles. The van der Waals surface area contributed by atoms with Crippen molar-refractivity contribution in [1.29, 1.82) is 0 Å². The van der Waals surface area contributed by atoms with Crippen molar-refractivity contribution >= 4 is 5.91 Å². The standard InChI is InChI=1S/C10H14N2O2/c1-2-14-8-10(13)12-7-9-5-3-4-6-11-9/h3-6H,2,7-8H2,1H3,(H,12,13). The lowest BCUT2D eigenvalue weighted by atomic mass is 10.3. The zero-order chi connectivity index (χ0) is 10.2. The van der Waals surface area contributed by atoms with Gasteiger partial charge < -0.3 is 10.1 Å². The number of amides is 1. The Labute approximate surface area is 83.3 Å². The van der Waals surface area contributed by atoms with E-state index >= 15 is 0 Å². The van der Waals surface area contributed by atoms with E-state index in [1.807, 2.05) is 25.1 Å². The number of aromatic nitrogens is 1. The second kappa shape index (κ2) is 6.10. The van der Waals surface area contributed by atoms with Crippen molar-refractivity contribution in [2.24, 2.45) is 0 Å². The largest absolute Gasteiger partial charge is 0.372 e. The molecule has 14 heavy (non-hydrogen) atoms. The van der Waals surface area contributed by atoms with Gasteiger partial charge in [0.15, 0.2) is 0 Å². The van der Waals surface area contributed by atoms with Crippen molar-refractivity contribution in [2.45, 2.75) is 13.5 Å². The molecule has 0 radical (unpaired) electrons. The van der Waals surface area contributed by atoms with Crippen LogP contribution in [0.15, 0.2) is 24.4 Å². The molecule has 0 unspecified atom stereocenters. The van der Waals surface area contributed by atoms with Crippen LogP contribution in [0.1, 0.15) is 12.6 Å². The van der Waals surface area contributed by atoms with E-state index in [2.05, 4.69) is 10.3 Å². The SMILES string of the molecule is CCOCC(=O)NCc1ccccn1. The van der Waals surface area contributed by atoms with Crippen molar-refractivity contribution in [1.82, 2.24) is 10.3 Å². The van der Waals surface area contributed by atoms with E-state index in [1.165, 1.54) is 0 Å². The number of carbonyl (C=O) groups is 1. The third-order valence-electron chi connectivity index (χ3n) is 1.63. The number of rotatable bonds is 5. The average Bonchev–Trinajstić information content (AvgIpc) is 2.25. The van der Waals surface area contributed by atoms with Crippen LogP contribution in [0.3, 0.4) is 0 Å². The van der Waals surface area contributed by atoms with Gasteiger partial charge in [0.25, 0.3) is 0 Å². The van der Waals surface area contributed by atoms with Crippen LogP contribution < -0.4 is 5.32 Å². The van der Waals surface area contributed by atoms with Crippen LogP contribution in [0.25, 0.3) is 0 Å². The van der Waals surface area contributed by atoms with Crippen molar-refractivity contribution in [3.05, 3.63) is 30.1 Å². The van der Waals surface area contributed by atoms with Crippen molar-refractivity contribution < 1.29 is 9.53 Å². The van der Waals surface area contributed by atoms with Crippen LogP contribution in [0.5, 0.6) is 0 Å². The molecule has 0 aliphatic rings. The van der Waals surface area contributed by atoms with Gasteiger partial charge >= 0.3 is 0 Å². The Morgan fingerprint density at radius 3 is 3.07 bits per heavy atom. The first kappa shape index (κ1) is 10.7. The molecule has 76 valence electrons. The maximum atomic E-state index is 11.1. The first-order valence-electron chi connectivity index (χ1n) is 4.57. The van der Waals surface area contributed by atoms with Crippen LogP contribution in [0.2, 0.25) is 0 Å². The molecule has 0 spiro atoms. The van der Waals surface area contributed by atoms with E-state index in [0.29, 0.717) is 13.2 Å². The molecule has 1 rings (SSSR count). The van der Waals surface area contributed by atoms with Gasteiger partial charge in [0.05, 0.1) is 12.2 Å². The van der Waals surface area contributed by atoms with Gasteiger partial charge in [-0.25, -0.2) is 0 Å². The second-order valence-corrected chi connectivity index (χ2v) is 2.73. The average molecular weight is 194 g/mol. The van der Waals surface area contributed by atoms with Gasteiger partial charge in [0, 0.05) is 12.8 Å². The fraction of sp³-hybridized carbons (Fsp3) is 0.400. The highest BCUT2D eigenvalue weighted by Gasteiger charge is 2.00. The maximum absolute atomic E-state index is 11.1. The minimum Gasteiger partial charge on any atom is -0.372 e. The van der Waals surface area contributed by atoms with E-state index in [1.54, 1.807) is 6.20 Å². The lowest BCUT2D eigenvalue weighted by Crippen LogP contribution is -2.27. The summed E-state index contributed by atoms with van der Waals surface area (Å²) in [7, 11) is 0. The molecule has 0 aromatic carbocycles. The lowest BCUT2D eigenvalue weighted by molar-refractivity contribution is -0.125. The summed E-state index contributed by atoms with van der Waals surface area (Å²) < 4.78 is 4.95. The highest BCUT2D eigenvalue weighted by atomic mass is 16.5. The highest BCUT2D eigenvalue weighted by Crippen LogP contribution is 1.91. The molecule has 1 amide bonds. The minimum absolute atomic E-state index is 0.113.